The molecule has 2 atom stereocenters. The summed E-state index contributed by atoms with van der Waals surface area (Å²) in [6.45, 7) is 1.99. The van der Waals surface area contributed by atoms with Crippen LogP contribution in [0.2, 0.25) is 0 Å². The number of nitrogens with one attached hydrogen (secondary N) is 1. The molecule has 0 fully saturated rings. The van der Waals surface area contributed by atoms with Crippen LogP contribution < -0.4 is 16.6 Å². The van der Waals surface area contributed by atoms with Crippen molar-refractivity contribution >= 4 is 5.82 Å². The van der Waals surface area contributed by atoms with E-state index in [4.69, 9.17) is 0 Å². The van der Waals surface area contributed by atoms with Crippen LogP contribution in [-0.4, -0.2) is 39.4 Å². The first-order valence-electron chi connectivity index (χ1n) is 7.45. The zero-order chi connectivity index (χ0) is 17.1. The SMILES string of the molecule is C[C@H](Nc1nn(C)c(=O)n(C)c1=O)[C@H](c1ccccc1)N(C)C. The zero-order valence-electron chi connectivity index (χ0n) is 14.1. The second-order valence-electron chi connectivity index (χ2n) is 5.87. The van der Waals surface area contributed by atoms with Crippen LogP contribution in [0.3, 0.4) is 0 Å². The van der Waals surface area contributed by atoms with Crippen molar-refractivity contribution in [2.45, 2.75) is 19.0 Å². The Balaban J connectivity index is 2.35. The predicted molar refractivity (Wildman–Crippen MR) is 90.7 cm³/mol. The van der Waals surface area contributed by atoms with E-state index >= 15 is 0 Å². The topological polar surface area (TPSA) is 72.2 Å². The van der Waals surface area contributed by atoms with Gasteiger partial charge in [0, 0.05) is 20.1 Å². The van der Waals surface area contributed by atoms with Crippen molar-refractivity contribution in [1.82, 2.24) is 19.2 Å². The molecule has 1 heterocycles. The quantitative estimate of drug-likeness (QED) is 0.873. The summed E-state index contributed by atoms with van der Waals surface area (Å²) in [5.41, 5.74) is 0.269. The van der Waals surface area contributed by atoms with Gasteiger partial charge in [-0.1, -0.05) is 30.3 Å². The number of anilines is 1. The van der Waals surface area contributed by atoms with E-state index in [0.717, 1.165) is 14.8 Å². The van der Waals surface area contributed by atoms with Crippen molar-refractivity contribution in [3.8, 4) is 0 Å². The molecule has 0 amide bonds. The van der Waals surface area contributed by atoms with Gasteiger partial charge in [-0.25, -0.2) is 9.48 Å². The number of nitrogens with zero attached hydrogens (tertiary/aromatic N) is 4. The molecule has 2 rings (SSSR count). The van der Waals surface area contributed by atoms with Crippen LogP contribution in [0.5, 0.6) is 0 Å². The number of likely N-dealkylation sites (N-methyl/N-ethyl adjacent to an activating group) is 1. The van der Waals surface area contributed by atoms with E-state index in [0.29, 0.717) is 0 Å². The average molecular weight is 317 g/mol. The fourth-order valence-corrected chi connectivity index (χ4v) is 2.77. The highest BCUT2D eigenvalue weighted by Crippen LogP contribution is 2.23. The van der Waals surface area contributed by atoms with Gasteiger partial charge in [-0.3, -0.25) is 9.36 Å². The molecule has 124 valence electrons. The van der Waals surface area contributed by atoms with Gasteiger partial charge in [-0.15, -0.1) is 5.10 Å². The minimum atomic E-state index is -0.444. The third-order valence-corrected chi connectivity index (χ3v) is 3.86. The van der Waals surface area contributed by atoms with E-state index < -0.39 is 11.2 Å². The number of hydrogen-bond donors (Lipinski definition) is 1. The van der Waals surface area contributed by atoms with Crippen molar-refractivity contribution in [2.75, 3.05) is 19.4 Å². The molecule has 1 N–H and O–H groups in total. The molecule has 0 spiro atoms. The summed E-state index contributed by atoms with van der Waals surface area (Å²) < 4.78 is 2.21. The molecule has 0 aliphatic heterocycles. The van der Waals surface area contributed by atoms with Gasteiger partial charge < -0.3 is 10.2 Å². The molecule has 0 radical (unpaired) electrons. The summed E-state index contributed by atoms with van der Waals surface area (Å²) in [6.07, 6.45) is 0. The predicted octanol–water partition coefficient (Wildman–Crippen LogP) is 0.582. The van der Waals surface area contributed by atoms with Gasteiger partial charge in [0.05, 0.1) is 6.04 Å². The van der Waals surface area contributed by atoms with E-state index in [1.807, 2.05) is 39.2 Å². The van der Waals surface area contributed by atoms with E-state index in [1.165, 1.54) is 14.1 Å². The van der Waals surface area contributed by atoms with Crippen molar-refractivity contribution < 1.29 is 0 Å². The molecule has 0 aliphatic rings. The third kappa shape index (κ3) is 3.50. The fraction of sp³-hybridized carbons (Fsp3) is 0.438. The van der Waals surface area contributed by atoms with Crippen LogP contribution in [0, 0.1) is 0 Å². The Labute approximate surface area is 135 Å². The Morgan fingerprint density at radius 3 is 2.30 bits per heavy atom. The highest BCUT2D eigenvalue weighted by Gasteiger charge is 2.23. The average Bonchev–Trinajstić information content (AvgIpc) is 2.51. The summed E-state index contributed by atoms with van der Waals surface area (Å²) in [6, 6.07) is 10.0. The Morgan fingerprint density at radius 2 is 1.74 bits per heavy atom. The van der Waals surface area contributed by atoms with Gasteiger partial charge in [0.2, 0.25) is 5.82 Å². The molecule has 23 heavy (non-hydrogen) atoms. The first-order valence-corrected chi connectivity index (χ1v) is 7.45. The Bertz CT molecular complexity index is 779. The maximum atomic E-state index is 12.2. The summed E-state index contributed by atoms with van der Waals surface area (Å²) in [5.74, 6) is 0.171. The van der Waals surface area contributed by atoms with Gasteiger partial charge in [0.1, 0.15) is 0 Å². The van der Waals surface area contributed by atoms with Crippen molar-refractivity contribution in [1.29, 1.82) is 0 Å². The van der Waals surface area contributed by atoms with Crippen molar-refractivity contribution in [3.63, 3.8) is 0 Å². The van der Waals surface area contributed by atoms with E-state index in [1.54, 1.807) is 0 Å². The van der Waals surface area contributed by atoms with E-state index in [-0.39, 0.29) is 17.9 Å². The molecular weight excluding hydrogens is 294 g/mol. The lowest BCUT2D eigenvalue weighted by Crippen LogP contribution is -2.42. The molecule has 1 aromatic carbocycles. The van der Waals surface area contributed by atoms with Gasteiger partial charge in [-0.05, 0) is 26.6 Å². The summed E-state index contributed by atoms with van der Waals surface area (Å²) >= 11 is 0. The lowest BCUT2D eigenvalue weighted by molar-refractivity contribution is 0.275. The van der Waals surface area contributed by atoms with Crippen LogP contribution in [0.15, 0.2) is 39.9 Å². The molecular formula is C16H23N5O2. The highest BCUT2D eigenvalue weighted by molar-refractivity contribution is 5.33. The number of rotatable bonds is 5. The van der Waals surface area contributed by atoms with Gasteiger partial charge in [-0.2, -0.15) is 0 Å². The van der Waals surface area contributed by atoms with Gasteiger partial charge in [0.15, 0.2) is 0 Å². The lowest BCUT2D eigenvalue weighted by atomic mass is 9.99. The fourth-order valence-electron chi connectivity index (χ4n) is 2.77. The Morgan fingerprint density at radius 1 is 1.13 bits per heavy atom. The molecule has 7 nitrogen and oxygen atoms in total. The Kier molecular flexibility index (Phi) is 5.00. The third-order valence-electron chi connectivity index (χ3n) is 3.86. The largest absolute Gasteiger partial charge is 0.360 e. The first kappa shape index (κ1) is 17.0. The first-order chi connectivity index (χ1) is 10.8. The molecule has 0 unspecified atom stereocenters. The Hall–Kier alpha value is -2.41. The van der Waals surface area contributed by atoms with Crippen LogP contribution in [0.1, 0.15) is 18.5 Å². The van der Waals surface area contributed by atoms with Crippen LogP contribution in [-0.2, 0) is 14.1 Å². The summed E-state index contributed by atoms with van der Waals surface area (Å²) in [7, 11) is 6.95. The molecule has 0 saturated heterocycles. The lowest BCUT2D eigenvalue weighted by Gasteiger charge is -2.31. The van der Waals surface area contributed by atoms with E-state index in [2.05, 4.69) is 27.4 Å². The minimum Gasteiger partial charge on any atom is -0.360 e. The second-order valence-corrected chi connectivity index (χ2v) is 5.87. The van der Waals surface area contributed by atoms with Crippen LogP contribution in [0.4, 0.5) is 5.82 Å². The van der Waals surface area contributed by atoms with Gasteiger partial charge in [0.25, 0.3) is 5.56 Å². The van der Waals surface area contributed by atoms with Gasteiger partial charge >= 0.3 is 5.69 Å². The van der Waals surface area contributed by atoms with Crippen molar-refractivity contribution in [3.05, 3.63) is 56.7 Å². The number of aryl methyl sites for hydroxylation is 1. The molecule has 1 aromatic heterocycles. The summed E-state index contributed by atoms with van der Waals surface area (Å²) in [4.78, 5) is 26.0. The van der Waals surface area contributed by atoms with Crippen LogP contribution in [0.25, 0.3) is 0 Å². The maximum absolute atomic E-state index is 12.2. The minimum absolute atomic E-state index is 0.0555. The van der Waals surface area contributed by atoms with Crippen LogP contribution >= 0.6 is 0 Å². The monoisotopic (exact) mass is 317 g/mol. The highest BCUT2D eigenvalue weighted by atomic mass is 16.2. The second kappa shape index (κ2) is 6.78. The molecule has 7 heteroatoms. The zero-order valence-corrected chi connectivity index (χ0v) is 14.1. The number of benzene rings is 1. The molecule has 0 bridgehead atoms. The smallest absolute Gasteiger partial charge is 0.346 e. The normalized spacial score (nSPS) is 13.8. The molecule has 0 aliphatic carbocycles. The summed E-state index contributed by atoms with van der Waals surface area (Å²) in [5, 5.41) is 7.20. The maximum Gasteiger partial charge on any atom is 0.346 e. The molecule has 2 aromatic rings. The number of aromatic nitrogens is 3. The number of hydrogen-bond acceptors (Lipinski definition) is 5. The van der Waals surface area contributed by atoms with Crippen molar-refractivity contribution in [2.24, 2.45) is 14.1 Å². The standard InChI is InChI=1S/C16H23N5O2/c1-11(13(19(2)3)12-9-7-6-8-10-12)17-14-15(22)20(4)16(23)21(5)18-14/h6-11,13H,1-5H3,(H,17,18)/t11-,13+/m0/s1. The molecule has 0 saturated carbocycles. The van der Waals surface area contributed by atoms with E-state index in [9.17, 15) is 9.59 Å².